The van der Waals surface area contributed by atoms with E-state index in [1.165, 1.54) is 39.8 Å². The summed E-state index contributed by atoms with van der Waals surface area (Å²) in [6.45, 7) is -0.300. The number of carbonyl (C=O) groups is 4. The molecule has 0 bridgehead atoms. The molecule has 2 atom stereocenters. The van der Waals surface area contributed by atoms with E-state index in [0.717, 1.165) is 47.9 Å². The van der Waals surface area contributed by atoms with Crippen LogP contribution in [0.3, 0.4) is 0 Å². The number of hydrogen-bond acceptors (Lipinski definition) is 16. The number of pyridine rings is 1. The first-order chi connectivity index (χ1) is 40.1. The number of benzene rings is 6. The molecule has 5 heterocycles. The average Bonchev–Trinajstić information content (AvgIpc) is 3.62. The van der Waals surface area contributed by atoms with Crippen molar-refractivity contribution in [1.82, 2.24) is 20.2 Å². The molecule has 0 unspecified atom stereocenters. The molecule has 9 aromatic rings. The van der Waals surface area contributed by atoms with Gasteiger partial charge in [-0.05, 0) is 51.1 Å². The Morgan fingerprint density at radius 3 is 2.02 bits per heavy atom. The van der Waals surface area contributed by atoms with E-state index in [2.05, 4.69) is 52.2 Å². The van der Waals surface area contributed by atoms with E-state index in [-0.39, 0.29) is 36.7 Å². The van der Waals surface area contributed by atoms with Crippen LogP contribution in [0.2, 0.25) is 0 Å². The summed E-state index contributed by atoms with van der Waals surface area (Å²) in [6, 6.07) is 57.1. The van der Waals surface area contributed by atoms with Crippen molar-refractivity contribution in [3.63, 3.8) is 0 Å². The molecule has 2 aliphatic rings. The zero-order valence-corrected chi connectivity index (χ0v) is 47.7. The van der Waals surface area contributed by atoms with Crippen LogP contribution >= 0.6 is 46.2 Å². The topological polar surface area (TPSA) is 175 Å². The van der Waals surface area contributed by atoms with Crippen LogP contribution in [0.4, 0.5) is 5.13 Å². The van der Waals surface area contributed by atoms with Gasteiger partial charge in [-0.15, -0.1) is 34.4 Å². The van der Waals surface area contributed by atoms with Crippen LogP contribution in [-0.2, 0) is 52.7 Å². The summed E-state index contributed by atoms with van der Waals surface area (Å²) in [5.74, 6) is -1.10. The van der Waals surface area contributed by atoms with Crippen LogP contribution in [0, 0.1) is 0 Å². The van der Waals surface area contributed by atoms with Crippen molar-refractivity contribution in [3.8, 4) is 5.75 Å². The molecule has 3 aromatic heterocycles. The fraction of sp³-hybridized carbons (Fsp3) is 0.175. The van der Waals surface area contributed by atoms with E-state index >= 15 is 0 Å². The number of ether oxygens (including phenoxy) is 3. The molecule has 19 heteroatoms. The van der Waals surface area contributed by atoms with Gasteiger partial charge in [0.15, 0.2) is 33.7 Å². The summed E-state index contributed by atoms with van der Waals surface area (Å²) >= 11 is 5.72. The van der Waals surface area contributed by atoms with Crippen LogP contribution < -0.4 is 19.9 Å². The maximum Gasteiger partial charge on any atom is 0.355 e. The van der Waals surface area contributed by atoms with Gasteiger partial charge in [0.2, 0.25) is 0 Å². The van der Waals surface area contributed by atoms with Gasteiger partial charge in [-0.3, -0.25) is 19.3 Å². The monoisotopic (exact) mass is 1160 g/mol. The number of fused-ring (bicyclic) bond motifs is 2. The Bertz CT molecular complexity index is 3640. The highest BCUT2D eigenvalue weighted by atomic mass is 32.2. The molecule has 412 valence electrons. The number of oxime groups is 1. The van der Waals surface area contributed by atoms with Gasteiger partial charge in [0.1, 0.15) is 59.9 Å². The second kappa shape index (κ2) is 25.4. The molecular formula is C63H54N7O8S4+. The highest BCUT2D eigenvalue weighted by molar-refractivity contribution is 8.02. The van der Waals surface area contributed by atoms with E-state index in [4.69, 9.17) is 29.0 Å². The van der Waals surface area contributed by atoms with Gasteiger partial charge in [0.25, 0.3) is 11.8 Å². The summed E-state index contributed by atoms with van der Waals surface area (Å²) in [6.07, 6.45) is 3.05. The fourth-order valence-corrected chi connectivity index (χ4v) is 14.0. The summed E-state index contributed by atoms with van der Waals surface area (Å²) in [5, 5.41) is 12.5. The van der Waals surface area contributed by atoms with Gasteiger partial charge in [-0.1, -0.05) is 181 Å². The number of esters is 2. The molecule has 2 N–H and O–H groups in total. The van der Waals surface area contributed by atoms with Crippen LogP contribution in [-0.4, -0.2) is 81.0 Å². The van der Waals surface area contributed by atoms with E-state index in [0.29, 0.717) is 28.0 Å². The second-order valence-electron chi connectivity index (χ2n) is 19.1. The molecule has 6 aromatic carbocycles. The van der Waals surface area contributed by atoms with Crippen molar-refractivity contribution in [2.45, 2.75) is 40.4 Å². The molecule has 82 heavy (non-hydrogen) atoms. The number of β-lactam (4-membered cyclic amide) rings is 1. The first kappa shape index (κ1) is 55.3. The number of thioether (sulfide) groups is 2. The molecule has 1 saturated heterocycles. The lowest BCUT2D eigenvalue weighted by Gasteiger charge is -2.49. The van der Waals surface area contributed by atoms with Crippen molar-refractivity contribution in [2.75, 3.05) is 30.5 Å². The third-order valence-corrected chi connectivity index (χ3v) is 18.1. The number of aryl methyl sites for hydroxylation is 1. The molecule has 15 nitrogen and oxygen atoms in total. The first-order valence-corrected chi connectivity index (χ1v) is 29.9. The zero-order valence-electron chi connectivity index (χ0n) is 44.5. The van der Waals surface area contributed by atoms with Crippen LogP contribution in [0.1, 0.15) is 51.6 Å². The van der Waals surface area contributed by atoms with Gasteiger partial charge in [-0.25, -0.2) is 19.3 Å². The number of nitrogens with one attached hydrogen (secondary N) is 2. The van der Waals surface area contributed by atoms with E-state index in [9.17, 15) is 19.2 Å². The minimum atomic E-state index is -1.08. The Kier molecular flexibility index (Phi) is 17.2. The number of rotatable bonds is 22. The maximum absolute atomic E-state index is 14.9. The van der Waals surface area contributed by atoms with E-state index < -0.39 is 46.8 Å². The molecule has 0 saturated carbocycles. The lowest BCUT2D eigenvalue weighted by atomic mass is 9.77. The van der Waals surface area contributed by atoms with Gasteiger partial charge in [0, 0.05) is 23.0 Å². The number of methoxy groups -OCH3 is 1. The molecule has 2 aliphatic heterocycles. The van der Waals surface area contributed by atoms with Crippen LogP contribution in [0.15, 0.2) is 221 Å². The van der Waals surface area contributed by atoms with Gasteiger partial charge >= 0.3 is 11.9 Å². The highest BCUT2D eigenvalue weighted by Crippen LogP contribution is 2.44. The molecule has 0 radical (unpaired) electrons. The number of aromatic nitrogens is 3. The lowest BCUT2D eigenvalue weighted by Crippen LogP contribution is -2.71. The number of anilines is 1. The molecular weight excluding hydrogens is 1110 g/mol. The quantitative estimate of drug-likeness (QED) is 0.00960. The first-order valence-electron chi connectivity index (χ1n) is 26.2. The summed E-state index contributed by atoms with van der Waals surface area (Å²) in [5.41, 5.74) is 5.80. The molecule has 11 rings (SSSR count). The minimum absolute atomic E-state index is 0.0481. The Labute approximate surface area is 490 Å². The fourth-order valence-electron chi connectivity index (χ4n) is 9.70. The predicted octanol–water partition coefficient (Wildman–Crippen LogP) is 10.6. The summed E-state index contributed by atoms with van der Waals surface area (Å²) < 4.78 is 21.0. The summed E-state index contributed by atoms with van der Waals surface area (Å²) in [4.78, 5) is 74.4. The van der Waals surface area contributed by atoms with Crippen LogP contribution in [0.25, 0.3) is 10.2 Å². The number of hydrogen-bond donors (Lipinski definition) is 2. The maximum atomic E-state index is 14.9. The highest BCUT2D eigenvalue weighted by Gasteiger charge is 2.55. The van der Waals surface area contributed by atoms with E-state index in [1.54, 1.807) is 48.1 Å². The number of carbonyl (C=O) groups excluding carboxylic acids is 4. The molecule has 2 amide bonds. The second-order valence-corrected chi connectivity index (χ2v) is 23.3. The Hall–Kier alpha value is -8.62. The normalized spacial score (nSPS) is 15.1. The van der Waals surface area contributed by atoms with Crippen molar-refractivity contribution in [3.05, 3.63) is 250 Å². The molecule has 1 fully saturated rings. The van der Waals surface area contributed by atoms with Gasteiger partial charge in [-0.2, -0.15) is 0 Å². The Morgan fingerprint density at radius 1 is 0.805 bits per heavy atom. The minimum Gasteiger partial charge on any atom is -0.497 e. The van der Waals surface area contributed by atoms with Crippen molar-refractivity contribution in [2.24, 2.45) is 12.2 Å². The van der Waals surface area contributed by atoms with Crippen molar-refractivity contribution < 1.29 is 42.8 Å². The third-order valence-electron chi connectivity index (χ3n) is 13.8. The molecule has 0 spiro atoms. The van der Waals surface area contributed by atoms with E-state index in [1.807, 2.05) is 145 Å². The zero-order chi connectivity index (χ0) is 56.4. The SMILES string of the molecule is COc1ccc(COC(=O)C2=C(CSc3nc4c[n+](C)ccc4s3)CS[C@H]3[C@@H](NC(=O)/C(=N\OCCC(=O)OC(c4ccccc4)c4ccccc4)c4csc(NC(c5ccccc5)(c5ccccc5)c5ccccc5)n4)C(=O)N23)cc1. The Balaban J connectivity index is 0.871. The Morgan fingerprint density at radius 2 is 1.41 bits per heavy atom. The average molecular weight is 1170 g/mol. The number of nitrogens with zero attached hydrogens (tertiary/aromatic N) is 5. The third kappa shape index (κ3) is 12.2. The summed E-state index contributed by atoms with van der Waals surface area (Å²) in [7, 11) is 3.52. The van der Waals surface area contributed by atoms with Crippen molar-refractivity contribution in [1.29, 1.82) is 0 Å². The van der Waals surface area contributed by atoms with Crippen LogP contribution in [0.5, 0.6) is 5.75 Å². The smallest absolute Gasteiger partial charge is 0.355 e. The number of thiazole rings is 2. The van der Waals surface area contributed by atoms with Gasteiger partial charge < -0.3 is 29.7 Å². The molecule has 0 aliphatic carbocycles. The standard InChI is InChI=1S/C63H53N7O8S4/c1-69-34-32-51-49(36-69)65-62(82-51)81-39-44-38-79-59-54(58(73)70(59)55(44)60(74)76-37-41-28-30-48(75-2)31-29-41)66-57(72)53(68-77-35-33-52(71)78-56(42-18-8-3-9-19-42)43-20-10-4-11-21-43)50-40-80-61(64-50)67-63(45-22-12-5-13-23-45,46-24-14-6-15-25-46)47-26-16-7-17-27-47/h3-32,34,36,40,54,56,59H,33,35,37-39H2,1-2H3,(H-,64,66,67,72)/p+1/b68-53-/t54-,59-/m0/s1. The number of amides is 2. The lowest BCUT2D eigenvalue weighted by molar-refractivity contribution is -0.670. The predicted molar refractivity (Wildman–Crippen MR) is 319 cm³/mol. The van der Waals surface area contributed by atoms with Crippen molar-refractivity contribution >= 4 is 91.0 Å². The largest absolute Gasteiger partial charge is 0.497 e. The van der Waals surface area contributed by atoms with Gasteiger partial charge in [0.05, 0.1) is 18.2 Å².